The van der Waals surface area contributed by atoms with Crippen molar-refractivity contribution in [3.63, 3.8) is 0 Å². The number of hydrogen-bond acceptors (Lipinski definition) is 5. The molecule has 0 radical (unpaired) electrons. The zero-order valence-corrected chi connectivity index (χ0v) is 17.3. The zero-order valence-electron chi connectivity index (χ0n) is 17.3. The highest BCUT2D eigenvalue weighted by Crippen LogP contribution is 2.24. The fourth-order valence-corrected chi connectivity index (χ4v) is 3.49. The summed E-state index contributed by atoms with van der Waals surface area (Å²) in [6, 6.07) is 6.71. The van der Waals surface area contributed by atoms with Gasteiger partial charge in [0.15, 0.2) is 6.10 Å². The minimum atomic E-state index is -0.690. The lowest BCUT2D eigenvalue weighted by Crippen LogP contribution is -2.54. The highest BCUT2D eigenvalue weighted by Gasteiger charge is 2.28. The van der Waals surface area contributed by atoms with Crippen LogP contribution in [0.2, 0.25) is 0 Å². The monoisotopic (exact) mass is 401 g/mol. The third kappa shape index (κ3) is 4.52. The average Bonchev–Trinajstić information content (AvgIpc) is 2.71. The third-order valence-corrected chi connectivity index (χ3v) is 5.09. The maximum atomic E-state index is 12.7. The second kappa shape index (κ2) is 8.55. The number of nitrogens with zero attached hydrogens (tertiary/aromatic N) is 3. The number of carbonyl (C=O) groups is 2. The van der Waals surface area contributed by atoms with E-state index >= 15 is 0 Å². The van der Waals surface area contributed by atoms with E-state index in [9.17, 15) is 14.4 Å². The number of aryl methyl sites for hydroxylation is 1. The van der Waals surface area contributed by atoms with Gasteiger partial charge in [0.05, 0.1) is 0 Å². The number of urea groups is 1. The van der Waals surface area contributed by atoms with Crippen molar-refractivity contribution < 1.29 is 18.7 Å². The molecule has 2 aromatic rings. The van der Waals surface area contributed by atoms with Crippen molar-refractivity contribution in [3.05, 3.63) is 40.2 Å². The lowest BCUT2D eigenvalue weighted by Gasteiger charge is -2.36. The summed E-state index contributed by atoms with van der Waals surface area (Å²) in [5, 5.41) is 0.861. The van der Waals surface area contributed by atoms with E-state index in [1.807, 2.05) is 13.0 Å². The number of fused-ring (bicyclic) bond motifs is 1. The number of benzene rings is 1. The van der Waals surface area contributed by atoms with Crippen LogP contribution in [-0.4, -0.2) is 73.0 Å². The Morgan fingerprint density at radius 2 is 1.79 bits per heavy atom. The van der Waals surface area contributed by atoms with Crippen LogP contribution in [0.5, 0.6) is 5.75 Å². The molecule has 1 aliphatic heterocycles. The van der Waals surface area contributed by atoms with Crippen LogP contribution in [0.1, 0.15) is 19.4 Å². The molecule has 0 aliphatic carbocycles. The summed E-state index contributed by atoms with van der Waals surface area (Å²) < 4.78 is 11.1. The molecule has 29 heavy (non-hydrogen) atoms. The van der Waals surface area contributed by atoms with E-state index in [1.54, 1.807) is 43.0 Å². The molecule has 0 N–H and O–H groups in total. The van der Waals surface area contributed by atoms with E-state index in [4.69, 9.17) is 9.15 Å². The van der Waals surface area contributed by atoms with E-state index in [-0.39, 0.29) is 11.9 Å². The number of ether oxygens (including phenoxy) is 1. The fraction of sp³-hybridized carbons (Fsp3) is 0.476. The molecular formula is C21H27N3O5. The molecule has 3 amide bonds. The van der Waals surface area contributed by atoms with Gasteiger partial charge in [-0.05, 0) is 31.0 Å². The van der Waals surface area contributed by atoms with Crippen molar-refractivity contribution in [2.24, 2.45) is 0 Å². The Labute approximate surface area is 169 Å². The van der Waals surface area contributed by atoms with Crippen LogP contribution in [0, 0.1) is 0 Å². The van der Waals surface area contributed by atoms with Crippen LogP contribution < -0.4 is 10.4 Å². The van der Waals surface area contributed by atoms with Crippen molar-refractivity contribution >= 4 is 22.9 Å². The maximum Gasteiger partial charge on any atom is 0.336 e. The summed E-state index contributed by atoms with van der Waals surface area (Å²) in [6.07, 6.45) is 0.0316. The molecule has 1 aromatic carbocycles. The maximum absolute atomic E-state index is 12.7. The standard InChI is InChI=1S/C21H27N3O5/c1-5-15-12-19(25)29-18-13-16(6-7-17(15)18)28-14(2)20(26)23-8-10-24(11-9-23)21(27)22(3)4/h6-7,12-14H,5,8-11H2,1-4H3. The van der Waals surface area contributed by atoms with Crippen LogP contribution in [0.4, 0.5) is 4.79 Å². The molecule has 156 valence electrons. The summed E-state index contributed by atoms with van der Waals surface area (Å²) in [6.45, 7) is 5.61. The lowest BCUT2D eigenvalue weighted by atomic mass is 10.1. The van der Waals surface area contributed by atoms with Gasteiger partial charge in [0.2, 0.25) is 0 Å². The predicted molar refractivity (Wildman–Crippen MR) is 109 cm³/mol. The molecule has 1 unspecified atom stereocenters. The summed E-state index contributed by atoms with van der Waals surface area (Å²) in [4.78, 5) is 41.5. The first-order valence-electron chi connectivity index (χ1n) is 9.78. The Bertz CT molecular complexity index is 960. The second-order valence-corrected chi connectivity index (χ2v) is 7.35. The highest BCUT2D eigenvalue weighted by molar-refractivity contribution is 5.83. The minimum absolute atomic E-state index is 0.0505. The van der Waals surface area contributed by atoms with Crippen molar-refractivity contribution in [2.45, 2.75) is 26.4 Å². The molecule has 1 saturated heterocycles. The Balaban J connectivity index is 1.66. The summed E-state index contributed by atoms with van der Waals surface area (Å²) in [5.41, 5.74) is 0.958. The van der Waals surface area contributed by atoms with Gasteiger partial charge in [-0.1, -0.05) is 6.92 Å². The molecule has 2 heterocycles. The number of carbonyl (C=O) groups excluding carboxylic acids is 2. The smallest absolute Gasteiger partial charge is 0.336 e. The predicted octanol–water partition coefficient (Wildman–Crippen LogP) is 1.95. The normalized spacial score (nSPS) is 15.3. The molecule has 1 aliphatic rings. The third-order valence-electron chi connectivity index (χ3n) is 5.09. The molecule has 3 rings (SSSR count). The van der Waals surface area contributed by atoms with Gasteiger partial charge in [-0.25, -0.2) is 9.59 Å². The van der Waals surface area contributed by atoms with Crippen LogP contribution >= 0.6 is 0 Å². The Kier molecular flexibility index (Phi) is 6.10. The first-order valence-corrected chi connectivity index (χ1v) is 9.78. The van der Waals surface area contributed by atoms with Crippen molar-refractivity contribution in [1.29, 1.82) is 0 Å². The van der Waals surface area contributed by atoms with Gasteiger partial charge in [0, 0.05) is 57.8 Å². The molecule has 8 heteroatoms. The van der Waals surface area contributed by atoms with Crippen LogP contribution in [0.25, 0.3) is 11.0 Å². The zero-order chi connectivity index (χ0) is 21.1. The summed E-state index contributed by atoms with van der Waals surface area (Å²) in [7, 11) is 3.43. The fourth-order valence-electron chi connectivity index (χ4n) is 3.49. The van der Waals surface area contributed by atoms with Gasteiger partial charge in [0.1, 0.15) is 11.3 Å². The molecular weight excluding hydrogens is 374 g/mol. The topological polar surface area (TPSA) is 83.3 Å². The van der Waals surface area contributed by atoms with E-state index in [0.717, 1.165) is 17.4 Å². The Morgan fingerprint density at radius 3 is 2.41 bits per heavy atom. The van der Waals surface area contributed by atoms with Gasteiger partial charge in [-0.2, -0.15) is 0 Å². The highest BCUT2D eigenvalue weighted by atomic mass is 16.5. The van der Waals surface area contributed by atoms with Crippen molar-refractivity contribution in [1.82, 2.24) is 14.7 Å². The second-order valence-electron chi connectivity index (χ2n) is 7.35. The largest absolute Gasteiger partial charge is 0.481 e. The molecule has 1 aromatic heterocycles. The van der Waals surface area contributed by atoms with Gasteiger partial charge in [-0.15, -0.1) is 0 Å². The molecule has 0 spiro atoms. The molecule has 1 atom stereocenters. The minimum Gasteiger partial charge on any atom is -0.481 e. The van der Waals surface area contributed by atoms with E-state index in [0.29, 0.717) is 37.5 Å². The lowest BCUT2D eigenvalue weighted by molar-refractivity contribution is -0.139. The molecule has 8 nitrogen and oxygen atoms in total. The number of amides is 3. The SMILES string of the molecule is CCc1cc(=O)oc2cc(OC(C)C(=O)N3CCN(C(=O)N(C)C)CC3)ccc12. The molecule has 1 fully saturated rings. The first kappa shape index (κ1) is 20.7. The van der Waals surface area contributed by atoms with Gasteiger partial charge in [0.25, 0.3) is 5.91 Å². The van der Waals surface area contributed by atoms with Gasteiger partial charge in [-0.3, -0.25) is 4.79 Å². The van der Waals surface area contributed by atoms with Crippen LogP contribution in [-0.2, 0) is 11.2 Å². The van der Waals surface area contributed by atoms with Gasteiger partial charge >= 0.3 is 11.7 Å². The number of hydrogen-bond donors (Lipinski definition) is 0. The Hall–Kier alpha value is -3.03. The van der Waals surface area contributed by atoms with Gasteiger partial charge < -0.3 is 23.9 Å². The van der Waals surface area contributed by atoms with Crippen molar-refractivity contribution in [3.8, 4) is 5.75 Å². The number of rotatable bonds is 4. The van der Waals surface area contributed by atoms with E-state index in [2.05, 4.69) is 0 Å². The van der Waals surface area contributed by atoms with Crippen LogP contribution in [0.3, 0.4) is 0 Å². The van der Waals surface area contributed by atoms with E-state index in [1.165, 1.54) is 11.0 Å². The number of piperazine rings is 1. The average molecular weight is 401 g/mol. The van der Waals surface area contributed by atoms with E-state index < -0.39 is 11.7 Å². The van der Waals surface area contributed by atoms with Crippen molar-refractivity contribution in [2.75, 3.05) is 40.3 Å². The van der Waals surface area contributed by atoms with Crippen LogP contribution in [0.15, 0.2) is 33.5 Å². The molecule has 0 bridgehead atoms. The Morgan fingerprint density at radius 1 is 1.14 bits per heavy atom. The summed E-state index contributed by atoms with van der Waals surface area (Å²) in [5.74, 6) is 0.335. The molecule has 0 saturated carbocycles. The first-order chi connectivity index (χ1) is 13.8. The quantitative estimate of drug-likeness (QED) is 0.732. The summed E-state index contributed by atoms with van der Waals surface area (Å²) >= 11 is 0.